The summed E-state index contributed by atoms with van der Waals surface area (Å²) in [5, 5.41) is 0. The molecule has 0 saturated heterocycles. The highest BCUT2D eigenvalue weighted by Crippen LogP contribution is 2.03. The molecule has 0 amide bonds. The first kappa shape index (κ1) is 10.9. The second kappa shape index (κ2) is 6.28. The normalized spacial score (nSPS) is 10.1. The van der Waals surface area contributed by atoms with Gasteiger partial charge in [-0.2, -0.15) is 0 Å². The number of ether oxygens (including phenoxy) is 1. The van der Waals surface area contributed by atoms with E-state index in [9.17, 15) is 0 Å². The van der Waals surface area contributed by atoms with Crippen LogP contribution in [0.2, 0.25) is 0 Å². The maximum absolute atomic E-state index is 5.50. The van der Waals surface area contributed by atoms with Crippen LogP contribution in [0.1, 0.15) is 0 Å². The largest absolute Gasteiger partial charge is 0.383 e. The Morgan fingerprint density at radius 2 is 2.07 bits per heavy atom. The molecular formula is C9H16N4O. The summed E-state index contributed by atoms with van der Waals surface area (Å²) in [5.74, 6) is 0.704. The van der Waals surface area contributed by atoms with E-state index in [1.54, 1.807) is 25.6 Å². The lowest BCUT2D eigenvalue weighted by atomic mass is 10.5. The fourth-order valence-electron chi connectivity index (χ4n) is 1.12. The Labute approximate surface area is 83.9 Å². The minimum atomic E-state index is 0.585. The van der Waals surface area contributed by atoms with Crippen molar-refractivity contribution >= 4 is 5.95 Å². The molecule has 1 aromatic heterocycles. The highest BCUT2D eigenvalue weighted by Gasteiger charge is 2.06. The molecule has 5 heteroatoms. The molecule has 0 aliphatic heterocycles. The first-order valence-corrected chi connectivity index (χ1v) is 4.59. The van der Waals surface area contributed by atoms with Crippen LogP contribution in [0.15, 0.2) is 18.5 Å². The predicted molar refractivity (Wildman–Crippen MR) is 55.2 cm³/mol. The van der Waals surface area contributed by atoms with Gasteiger partial charge in [-0.1, -0.05) is 0 Å². The number of nitrogens with zero attached hydrogens (tertiary/aromatic N) is 3. The van der Waals surface area contributed by atoms with E-state index in [2.05, 4.69) is 9.97 Å². The molecule has 0 saturated carbocycles. The Kier molecular flexibility index (Phi) is 4.88. The van der Waals surface area contributed by atoms with Crippen molar-refractivity contribution in [2.45, 2.75) is 0 Å². The van der Waals surface area contributed by atoms with Gasteiger partial charge in [0, 0.05) is 39.1 Å². The minimum absolute atomic E-state index is 0.585. The van der Waals surface area contributed by atoms with Crippen molar-refractivity contribution < 1.29 is 4.74 Å². The number of nitrogens with two attached hydrogens (primary N) is 1. The maximum Gasteiger partial charge on any atom is 0.225 e. The number of methoxy groups -OCH3 is 1. The third kappa shape index (κ3) is 3.27. The van der Waals surface area contributed by atoms with Crippen LogP contribution in [0.25, 0.3) is 0 Å². The summed E-state index contributed by atoms with van der Waals surface area (Å²) in [7, 11) is 1.67. The van der Waals surface area contributed by atoms with Crippen LogP contribution in [0, 0.1) is 0 Å². The summed E-state index contributed by atoms with van der Waals surface area (Å²) in [6.07, 6.45) is 3.44. The molecule has 1 rings (SSSR count). The molecule has 0 spiro atoms. The summed E-state index contributed by atoms with van der Waals surface area (Å²) in [6.45, 7) is 2.74. The standard InChI is InChI=1S/C9H16N4O/c1-14-8-7-13(6-3-10)9-11-4-2-5-12-9/h2,4-5H,3,6-8,10H2,1H3. The molecule has 0 aliphatic carbocycles. The van der Waals surface area contributed by atoms with Gasteiger partial charge in [-0.25, -0.2) is 9.97 Å². The Bertz CT molecular complexity index is 242. The van der Waals surface area contributed by atoms with Crippen molar-refractivity contribution in [1.29, 1.82) is 0 Å². The Morgan fingerprint density at radius 3 is 2.64 bits per heavy atom. The van der Waals surface area contributed by atoms with Crippen LogP contribution in [0.5, 0.6) is 0 Å². The number of hydrogen-bond acceptors (Lipinski definition) is 5. The lowest BCUT2D eigenvalue weighted by molar-refractivity contribution is 0.205. The molecular weight excluding hydrogens is 180 g/mol. The van der Waals surface area contributed by atoms with E-state index < -0.39 is 0 Å². The minimum Gasteiger partial charge on any atom is -0.383 e. The van der Waals surface area contributed by atoms with E-state index >= 15 is 0 Å². The monoisotopic (exact) mass is 196 g/mol. The summed E-state index contributed by atoms with van der Waals surface area (Å²) in [5.41, 5.74) is 5.50. The van der Waals surface area contributed by atoms with Gasteiger partial charge in [-0.05, 0) is 6.07 Å². The summed E-state index contributed by atoms with van der Waals surface area (Å²) >= 11 is 0. The zero-order valence-corrected chi connectivity index (χ0v) is 8.39. The average molecular weight is 196 g/mol. The second-order valence-electron chi connectivity index (χ2n) is 2.82. The molecule has 0 unspecified atom stereocenters. The molecule has 0 aromatic carbocycles. The SMILES string of the molecule is COCCN(CCN)c1ncccn1. The number of rotatable bonds is 6. The third-order valence-electron chi connectivity index (χ3n) is 1.80. The second-order valence-corrected chi connectivity index (χ2v) is 2.82. The number of aromatic nitrogens is 2. The van der Waals surface area contributed by atoms with Gasteiger partial charge >= 0.3 is 0 Å². The lowest BCUT2D eigenvalue weighted by Gasteiger charge is -2.20. The van der Waals surface area contributed by atoms with Crippen LogP contribution in [0.4, 0.5) is 5.95 Å². The van der Waals surface area contributed by atoms with Crippen LogP contribution in [-0.4, -0.2) is 43.3 Å². The highest BCUT2D eigenvalue weighted by atomic mass is 16.5. The van der Waals surface area contributed by atoms with Gasteiger partial charge in [-0.3, -0.25) is 0 Å². The molecule has 0 radical (unpaired) electrons. The molecule has 0 aliphatic rings. The number of hydrogen-bond donors (Lipinski definition) is 1. The van der Waals surface area contributed by atoms with Gasteiger partial charge in [-0.15, -0.1) is 0 Å². The van der Waals surface area contributed by atoms with E-state index in [1.165, 1.54) is 0 Å². The Balaban J connectivity index is 2.58. The molecule has 78 valence electrons. The van der Waals surface area contributed by atoms with E-state index in [4.69, 9.17) is 10.5 Å². The van der Waals surface area contributed by atoms with Crippen molar-refractivity contribution in [2.24, 2.45) is 5.73 Å². The zero-order chi connectivity index (χ0) is 10.2. The summed E-state index contributed by atoms with van der Waals surface area (Å²) in [6, 6.07) is 1.79. The van der Waals surface area contributed by atoms with Gasteiger partial charge in [0.25, 0.3) is 0 Å². The zero-order valence-electron chi connectivity index (χ0n) is 8.39. The topological polar surface area (TPSA) is 64.3 Å². The van der Waals surface area contributed by atoms with Crippen LogP contribution in [0.3, 0.4) is 0 Å². The first-order valence-electron chi connectivity index (χ1n) is 4.59. The highest BCUT2D eigenvalue weighted by molar-refractivity contribution is 5.27. The molecule has 5 nitrogen and oxygen atoms in total. The lowest BCUT2D eigenvalue weighted by Crippen LogP contribution is -2.33. The van der Waals surface area contributed by atoms with Gasteiger partial charge in [0.1, 0.15) is 0 Å². The molecule has 1 heterocycles. The maximum atomic E-state index is 5.50. The molecule has 14 heavy (non-hydrogen) atoms. The van der Waals surface area contributed by atoms with E-state index in [-0.39, 0.29) is 0 Å². The van der Waals surface area contributed by atoms with Gasteiger partial charge in [0.15, 0.2) is 0 Å². The Hall–Kier alpha value is -1.20. The molecule has 0 bridgehead atoms. The first-order chi connectivity index (χ1) is 6.88. The van der Waals surface area contributed by atoms with Crippen LogP contribution >= 0.6 is 0 Å². The fourth-order valence-corrected chi connectivity index (χ4v) is 1.12. The van der Waals surface area contributed by atoms with Gasteiger partial charge in [0.2, 0.25) is 5.95 Å². The van der Waals surface area contributed by atoms with Gasteiger partial charge < -0.3 is 15.4 Å². The van der Waals surface area contributed by atoms with Crippen LogP contribution in [-0.2, 0) is 4.74 Å². The summed E-state index contributed by atoms with van der Waals surface area (Å²) in [4.78, 5) is 10.3. The Morgan fingerprint density at radius 1 is 1.36 bits per heavy atom. The van der Waals surface area contributed by atoms with E-state index in [1.807, 2.05) is 4.90 Å². The van der Waals surface area contributed by atoms with E-state index in [0.717, 1.165) is 13.1 Å². The van der Waals surface area contributed by atoms with Crippen molar-refractivity contribution in [3.63, 3.8) is 0 Å². The molecule has 2 N–H and O–H groups in total. The predicted octanol–water partition coefficient (Wildman–Crippen LogP) is -0.112. The van der Waals surface area contributed by atoms with Crippen molar-refractivity contribution in [2.75, 3.05) is 38.3 Å². The molecule has 1 aromatic rings. The summed E-state index contributed by atoms with van der Waals surface area (Å²) < 4.78 is 5.00. The average Bonchev–Trinajstić information content (AvgIpc) is 2.25. The smallest absolute Gasteiger partial charge is 0.225 e. The van der Waals surface area contributed by atoms with Crippen molar-refractivity contribution in [1.82, 2.24) is 9.97 Å². The van der Waals surface area contributed by atoms with Crippen LogP contribution < -0.4 is 10.6 Å². The van der Waals surface area contributed by atoms with Crippen molar-refractivity contribution in [3.05, 3.63) is 18.5 Å². The fraction of sp³-hybridized carbons (Fsp3) is 0.556. The quantitative estimate of drug-likeness (QED) is 0.687. The third-order valence-corrected chi connectivity index (χ3v) is 1.80. The van der Waals surface area contributed by atoms with E-state index in [0.29, 0.717) is 19.1 Å². The van der Waals surface area contributed by atoms with Gasteiger partial charge in [0.05, 0.1) is 6.61 Å². The number of anilines is 1. The molecule has 0 fully saturated rings. The van der Waals surface area contributed by atoms with Crippen molar-refractivity contribution in [3.8, 4) is 0 Å². The molecule has 0 atom stereocenters.